The van der Waals surface area contributed by atoms with Crippen molar-refractivity contribution in [2.24, 2.45) is 0 Å². The van der Waals surface area contributed by atoms with Gasteiger partial charge in [-0.3, -0.25) is 4.79 Å². The van der Waals surface area contributed by atoms with E-state index in [1.807, 2.05) is 0 Å². The molecule has 0 aromatic carbocycles. The number of carbonyl (C=O) groups is 1. The predicted octanol–water partition coefficient (Wildman–Crippen LogP) is 4.57. The third-order valence-corrected chi connectivity index (χ3v) is 4.02. The van der Waals surface area contributed by atoms with E-state index in [0.717, 1.165) is 12.8 Å². The van der Waals surface area contributed by atoms with Gasteiger partial charge in [-0.2, -0.15) is 0 Å². The molecule has 0 aliphatic carbocycles. The molecule has 0 radical (unpaired) electrons. The molecular weight excluding hydrogens is 278 g/mol. The van der Waals surface area contributed by atoms with E-state index in [0.29, 0.717) is 30.4 Å². The lowest BCUT2D eigenvalue weighted by atomic mass is 10.1. The van der Waals surface area contributed by atoms with Crippen molar-refractivity contribution in [3.8, 4) is 11.6 Å². The standard InChI is InChI=1S/C18H27NO3/c1-15(20)17-16-11-12-19-18(17)22-14-10-8-6-4-2-3-5-7-9-13-21-16/h11-12H,2-10,13-14H2,1H3. The Kier molecular flexibility index (Phi) is 7.20. The molecule has 1 aromatic heterocycles. The number of aromatic nitrogens is 1. The van der Waals surface area contributed by atoms with Crippen molar-refractivity contribution in [1.29, 1.82) is 0 Å². The number of Topliss-reactive ketones (excluding diaryl/α,β-unsaturated/α-hetero) is 1. The highest BCUT2D eigenvalue weighted by Crippen LogP contribution is 2.27. The van der Waals surface area contributed by atoms with Crippen LogP contribution in [0.4, 0.5) is 0 Å². The highest BCUT2D eigenvalue weighted by Gasteiger charge is 2.17. The van der Waals surface area contributed by atoms with Gasteiger partial charge in [0.1, 0.15) is 11.3 Å². The molecule has 2 heterocycles. The van der Waals surface area contributed by atoms with Gasteiger partial charge < -0.3 is 9.47 Å². The van der Waals surface area contributed by atoms with E-state index in [9.17, 15) is 4.79 Å². The van der Waals surface area contributed by atoms with E-state index in [1.165, 1.54) is 51.9 Å². The van der Waals surface area contributed by atoms with Crippen LogP contribution in [0.1, 0.15) is 75.1 Å². The molecule has 0 unspecified atom stereocenters. The Labute approximate surface area is 133 Å². The smallest absolute Gasteiger partial charge is 0.228 e. The van der Waals surface area contributed by atoms with E-state index < -0.39 is 0 Å². The first-order chi connectivity index (χ1) is 10.8. The molecular formula is C18H27NO3. The average Bonchev–Trinajstić information content (AvgIpc) is 2.50. The zero-order chi connectivity index (χ0) is 15.6. The molecule has 0 N–H and O–H groups in total. The van der Waals surface area contributed by atoms with Gasteiger partial charge in [0.15, 0.2) is 5.78 Å². The molecule has 0 saturated heterocycles. The second-order valence-electron chi connectivity index (χ2n) is 5.92. The maximum absolute atomic E-state index is 11.9. The Hall–Kier alpha value is -1.58. The Morgan fingerprint density at radius 2 is 1.45 bits per heavy atom. The van der Waals surface area contributed by atoms with Crippen LogP contribution < -0.4 is 9.47 Å². The number of ketones is 1. The lowest BCUT2D eigenvalue weighted by Gasteiger charge is -2.14. The summed E-state index contributed by atoms with van der Waals surface area (Å²) in [6.07, 6.45) is 12.5. The number of pyridine rings is 1. The van der Waals surface area contributed by atoms with Gasteiger partial charge in [-0.15, -0.1) is 0 Å². The molecule has 2 bridgehead atoms. The number of rotatable bonds is 1. The summed E-state index contributed by atoms with van der Waals surface area (Å²) in [7, 11) is 0. The highest BCUT2D eigenvalue weighted by molar-refractivity contribution is 5.99. The fourth-order valence-electron chi connectivity index (χ4n) is 2.77. The van der Waals surface area contributed by atoms with Crippen LogP contribution in [0.15, 0.2) is 12.3 Å². The van der Waals surface area contributed by atoms with Gasteiger partial charge in [0.25, 0.3) is 0 Å². The number of hydrogen-bond acceptors (Lipinski definition) is 4. The lowest BCUT2D eigenvalue weighted by Crippen LogP contribution is -2.09. The van der Waals surface area contributed by atoms with Gasteiger partial charge in [0.2, 0.25) is 5.88 Å². The first-order valence-electron chi connectivity index (χ1n) is 8.54. The maximum Gasteiger partial charge on any atom is 0.228 e. The van der Waals surface area contributed by atoms with Crippen molar-refractivity contribution in [3.05, 3.63) is 17.8 Å². The largest absolute Gasteiger partial charge is 0.493 e. The summed E-state index contributed by atoms with van der Waals surface area (Å²) in [5.74, 6) is 0.959. The van der Waals surface area contributed by atoms with Crippen LogP contribution in [0.25, 0.3) is 0 Å². The van der Waals surface area contributed by atoms with E-state index in [1.54, 1.807) is 12.3 Å². The van der Waals surface area contributed by atoms with Crippen LogP contribution in [-0.4, -0.2) is 24.0 Å². The van der Waals surface area contributed by atoms with E-state index >= 15 is 0 Å². The molecule has 2 rings (SSSR count). The number of fused-ring (bicyclic) bond motifs is 2. The minimum Gasteiger partial charge on any atom is -0.493 e. The second kappa shape index (κ2) is 9.44. The third-order valence-electron chi connectivity index (χ3n) is 4.02. The minimum absolute atomic E-state index is 0.0563. The first-order valence-corrected chi connectivity index (χ1v) is 8.54. The maximum atomic E-state index is 11.9. The molecule has 4 nitrogen and oxygen atoms in total. The Morgan fingerprint density at radius 3 is 2.05 bits per heavy atom. The van der Waals surface area contributed by atoms with Crippen molar-refractivity contribution < 1.29 is 14.3 Å². The monoisotopic (exact) mass is 305 g/mol. The van der Waals surface area contributed by atoms with Crippen molar-refractivity contribution in [1.82, 2.24) is 4.98 Å². The van der Waals surface area contributed by atoms with E-state index in [2.05, 4.69) is 4.98 Å². The van der Waals surface area contributed by atoms with Gasteiger partial charge in [-0.25, -0.2) is 4.98 Å². The molecule has 0 spiro atoms. The second-order valence-corrected chi connectivity index (χ2v) is 5.92. The topological polar surface area (TPSA) is 48.4 Å². The summed E-state index contributed by atoms with van der Waals surface area (Å²) in [6, 6.07) is 1.76. The van der Waals surface area contributed by atoms with Gasteiger partial charge >= 0.3 is 0 Å². The summed E-state index contributed by atoms with van der Waals surface area (Å²) >= 11 is 0. The first kappa shape index (κ1) is 16.8. The zero-order valence-electron chi connectivity index (χ0n) is 13.6. The van der Waals surface area contributed by atoms with Crippen molar-refractivity contribution >= 4 is 5.78 Å². The van der Waals surface area contributed by atoms with Crippen LogP contribution in [0.5, 0.6) is 11.6 Å². The van der Waals surface area contributed by atoms with Crippen LogP contribution in [-0.2, 0) is 0 Å². The normalized spacial score (nSPS) is 18.0. The molecule has 0 fully saturated rings. The molecule has 4 heteroatoms. The van der Waals surface area contributed by atoms with Gasteiger partial charge in [0.05, 0.1) is 13.2 Å². The number of hydrogen-bond donors (Lipinski definition) is 0. The number of carbonyl (C=O) groups excluding carboxylic acids is 1. The molecule has 1 aromatic rings. The fraction of sp³-hybridized carbons (Fsp3) is 0.667. The molecule has 22 heavy (non-hydrogen) atoms. The lowest BCUT2D eigenvalue weighted by molar-refractivity contribution is 0.100. The molecule has 122 valence electrons. The van der Waals surface area contributed by atoms with E-state index in [-0.39, 0.29) is 5.78 Å². The Bertz CT molecular complexity index is 441. The molecule has 0 amide bonds. The van der Waals surface area contributed by atoms with Crippen LogP contribution >= 0.6 is 0 Å². The molecule has 0 saturated carbocycles. The predicted molar refractivity (Wildman–Crippen MR) is 86.8 cm³/mol. The molecule has 1 aliphatic rings. The summed E-state index contributed by atoms with van der Waals surface area (Å²) in [6.45, 7) is 2.79. The average molecular weight is 305 g/mol. The quantitative estimate of drug-likeness (QED) is 0.713. The van der Waals surface area contributed by atoms with Crippen LogP contribution in [0, 0.1) is 0 Å². The fourth-order valence-corrected chi connectivity index (χ4v) is 2.77. The van der Waals surface area contributed by atoms with Gasteiger partial charge in [0, 0.05) is 6.20 Å². The SMILES string of the molecule is CC(=O)c1c2ccnc1OCCCCCCCCCCCO2. The number of ether oxygens (including phenoxy) is 2. The number of nitrogens with zero attached hydrogens (tertiary/aromatic N) is 1. The van der Waals surface area contributed by atoms with Crippen molar-refractivity contribution in [3.63, 3.8) is 0 Å². The van der Waals surface area contributed by atoms with Gasteiger partial charge in [-0.05, 0) is 25.8 Å². The zero-order valence-corrected chi connectivity index (χ0v) is 13.6. The van der Waals surface area contributed by atoms with Crippen molar-refractivity contribution in [2.75, 3.05) is 13.2 Å². The Balaban J connectivity index is 2.07. The highest BCUT2D eigenvalue weighted by atomic mass is 16.5. The van der Waals surface area contributed by atoms with Crippen molar-refractivity contribution in [2.45, 2.75) is 64.7 Å². The minimum atomic E-state index is -0.0563. The van der Waals surface area contributed by atoms with Crippen LogP contribution in [0.3, 0.4) is 0 Å². The summed E-state index contributed by atoms with van der Waals surface area (Å²) in [5.41, 5.74) is 0.481. The Morgan fingerprint density at radius 1 is 0.909 bits per heavy atom. The molecule has 1 aliphatic heterocycles. The van der Waals surface area contributed by atoms with E-state index in [4.69, 9.17) is 9.47 Å². The summed E-state index contributed by atoms with van der Waals surface area (Å²) < 4.78 is 11.5. The van der Waals surface area contributed by atoms with Gasteiger partial charge in [-0.1, -0.05) is 44.9 Å². The summed E-state index contributed by atoms with van der Waals surface area (Å²) in [4.78, 5) is 16.1. The molecule has 0 atom stereocenters. The third kappa shape index (κ3) is 5.32. The van der Waals surface area contributed by atoms with Crippen LogP contribution in [0.2, 0.25) is 0 Å². The summed E-state index contributed by atoms with van der Waals surface area (Å²) in [5, 5.41) is 0.